The molecule has 2 rings (SSSR count). The molecule has 0 spiro atoms. The summed E-state index contributed by atoms with van der Waals surface area (Å²) in [5.41, 5.74) is 1.03. The number of imide groups is 1. The van der Waals surface area contributed by atoms with Crippen LogP contribution in [-0.4, -0.2) is 30.0 Å². The minimum Gasteiger partial charge on any atom is -0.496 e. The molecule has 20 heavy (non-hydrogen) atoms. The molecule has 6 heteroatoms. The zero-order valence-corrected chi connectivity index (χ0v) is 11.3. The number of aromatic carboxylic acids is 1. The minimum atomic E-state index is -1.14. The van der Waals surface area contributed by atoms with Gasteiger partial charge in [0.05, 0.1) is 12.8 Å². The van der Waals surface area contributed by atoms with E-state index in [4.69, 9.17) is 9.84 Å². The third-order valence-electron chi connectivity index (χ3n) is 3.28. The van der Waals surface area contributed by atoms with Gasteiger partial charge in [0.1, 0.15) is 11.3 Å². The Kier molecular flexibility index (Phi) is 3.31. The molecular formula is C14H13NO5. The highest BCUT2D eigenvalue weighted by Crippen LogP contribution is 2.31. The molecule has 1 N–H and O–H groups in total. The van der Waals surface area contributed by atoms with Crippen molar-refractivity contribution in [3.63, 3.8) is 0 Å². The standard InChI is InChI=1S/C14H13NO5/c1-7-8(2)13(17)15(12(7)16)9-4-5-10(14(18)19)11(6-9)20-3/h4-6H,1-3H3,(H,18,19). The van der Waals surface area contributed by atoms with Gasteiger partial charge in [-0.05, 0) is 26.0 Å². The predicted molar refractivity (Wildman–Crippen MR) is 70.8 cm³/mol. The molecule has 1 aliphatic heterocycles. The maximum Gasteiger partial charge on any atom is 0.339 e. The molecule has 2 amide bonds. The Hall–Kier alpha value is -2.63. The normalized spacial score (nSPS) is 15.1. The van der Waals surface area contributed by atoms with E-state index in [1.54, 1.807) is 13.8 Å². The van der Waals surface area contributed by atoms with E-state index in [1.807, 2.05) is 0 Å². The number of anilines is 1. The first kappa shape index (κ1) is 13.8. The van der Waals surface area contributed by atoms with Crippen LogP contribution in [0, 0.1) is 0 Å². The van der Waals surface area contributed by atoms with Crippen molar-refractivity contribution in [3.8, 4) is 5.75 Å². The van der Waals surface area contributed by atoms with Gasteiger partial charge in [-0.15, -0.1) is 0 Å². The zero-order valence-electron chi connectivity index (χ0n) is 11.3. The first-order valence-corrected chi connectivity index (χ1v) is 5.86. The Morgan fingerprint density at radius 1 is 1.15 bits per heavy atom. The number of amides is 2. The molecule has 1 aromatic carbocycles. The second-order valence-corrected chi connectivity index (χ2v) is 4.39. The fourth-order valence-electron chi connectivity index (χ4n) is 1.98. The number of carboxylic acids is 1. The quantitative estimate of drug-likeness (QED) is 0.847. The molecule has 0 fully saturated rings. The Morgan fingerprint density at radius 2 is 1.70 bits per heavy atom. The summed E-state index contributed by atoms with van der Waals surface area (Å²) in [5, 5.41) is 9.01. The van der Waals surface area contributed by atoms with Gasteiger partial charge in [-0.25, -0.2) is 9.69 Å². The molecule has 0 saturated heterocycles. The molecule has 0 aromatic heterocycles. The molecular weight excluding hydrogens is 262 g/mol. The number of carbonyl (C=O) groups excluding carboxylic acids is 2. The highest BCUT2D eigenvalue weighted by atomic mass is 16.5. The summed E-state index contributed by atoms with van der Waals surface area (Å²) in [6, 6.07) is 4.08. The van der Waals surface area contributed by atoms with E-state index in [0.29, 0.717) is 11.1 Å². The minimum absolute atomic E-state index is 0.0308. The van der Waals surface area contributed by atoms with Crippen molar-refractivity contribution in [2.45, 2.75) is 13.8 Å². The van der Waals surface area contributed by atoms with Crippen LogP contribution in [-0.2, 0) is 9.59 Å². The maximum atomic E-state index is 12.0. The van der Waals surface area contributed by atoms with E-state index in [2.05, 4.69) is 0 Å². The van der Waals surface area contributed by atoms with Crippen LogP contribution in [0.2, 0.25) is 0 Å². The average molecular weight is 275 g/mol. The summed E-state index contributed by atoms with van der Waals surface area (Å²) in [6.45, 7) is 3.16. The Balaban J connectivity index is 2.49. The third-order valence-corrected chi connectivity index (χ3v) is 3.28. The number of hydrogen-bond acceptors (Lipinski definition) is 4. The number of ether oxygens (including phenoxy) is 1. The summed E-state index contributed by atoms with van der Waals surface area (Å²) in [6.07, 6.45) is 0. The Bertz CT molecular complexity index is 636. The molecule has 104 valence electrons. The van der Waals surface area contributed by atoms with Gasteiger partial charge in [-0.1, -0.05) is 0 Å². The van der Waals surface area contributed by atoms with Crippen molar-refractivity contribution in [2.24, 2.45) is 0 Å². The van der Waals surface area contributed by atoms with E-state index >= 15 is 0 Å². The van der Waals surface area contributed by atoms with Gasteiger partial charge in [0.25, 0.3) is 11.8 Å². The summed E-state index contributed by atoms with van der Waals surface area (Å²) in [7, 11) is 1.33. The average Bonchev–Trinajstić information content (AvgIpc) is 2.62. The highest BCUT2D eigenvalue weighted by Gasteiger charge is 2.35. The fourth-order valence-corrected chi connectivity index (χ4v) is 1.98. The SMILES string of the molecule is COc1cc(N2C(=O)C(C)=C(C)C2=O)ccc1C(=O)O. The van der Waals surface area contributed by atoms with Gasteiger partial charge in [0.15, 0.2) is 0 Å². The number of carboxylic acid groups (broad SMARTS) is 1. The van der Waals surface area contributed by atoms with Crippen molar-refractivity contribution in [1.29, 1.82) is 0 Å². The van der Waals surface area contributed by atoms with E-state index in [0.717, 1.165) is 4.90 Å². The van der Waals surface area contributed by atoms with Crippen LogP contribution >= 0.6 is 0 Å². The number of rotatable bonds is 3. The summed E-state index contributed by atoms with van der Waals surface area (Å²) in [4.78, 5) is 36.1. The molecule has 0 bridgehead atoms. The molecule has 1 aromatic rings. The smallest absolute Gasteiger partial charge is 0.339 e. The van der Waals surface area contributed by atoms with Crippen LogP contribution in [0.5, 0.6) is 5.75 Å². The van der Waals surface area contributed by atoms with Gasteiger partial charge in [0.2, 0.25) is 0 Å². The third kappa shape index (κ3) is 1.95. The van der Waals surface area contributed by atoms with E-state index < -0.39 is 17.8 Å². The Morgan fingerprint density at radius 3 is 2.15 bits per heavy atom. The second-order valence-electron chi connectivity index (χ2n) is 4.39. The van der Waals surface area contributed by atoms with Crippen molar-refractivity contribution < 1.29 is 24.2 Å². The van der Waals surface area contributed by atoms with Crippen molar-refractivity contribution in [3.05, 3.63) is 34.9 Å². The fraction of sp³-hybridized carbons (Fsp3) is 0.214. The molecule has 0 unspecified atom stereocenters. The number of nitrogens with zero attached hydrogens (tertiary/aromatic N) is 1. The van der Waals surface area contributed by atoms with Crippen LogP contribution in [0.3, 0.4) is 0 Å². The summed E-state index contributed by atoms with van der Waals surface area (Å²) < 4.78 is 4.99. The van der Waals surface area contributed by atoms with Gasteiger partial charge in [-0.2, -0.15) is 0 Å². The summed E-state index contributed by atoms with van der Waals surface area (Å²) >= 11 is 0. The van der Waals surface area contributed by atoms with E-state index in [9.17, 15) is 14.4 Å². The van der Waals surface area contributed by atoms with Crippen molar-refractivity contribution >= 4 is 23.5 Å². The number of methoxy groups -OCH3 is 1. The summed E-state index contributed by atoms with van der Waals surface area (Å²) in [5.74, 6) is -1.86. The molecule has 6 nitrogen and oxygen atoms in total. The zero-order chi connectivity index (χ0) is 15.0. The van der Waals surface area contributed by atoms with E-state index in [1.165, 1.54) is 25.3 Å². The van der Waals surface area contributed by atoms with Gasteiger partial charge in [-0.3, -0.25) is 9.59 Å². The topological polar surface area (TPSA) is 83.9 Å². The number of hydrogen-bond donors (Lipinski definition) is 1. The lowest BCUT2D eigenvalue weighted by molar-refractivity contribution is -0.120. The maximum absolute atomic E-state index is 12.0. The lowest BCUT2D eigenvalue weighted by atomic mass is 10.1. The van der Waals surface area contributed by atoms with Crippen molar-refractivity contribution in [1.82, 2.24) is 0 Å². The van der Waals surface area contributed by atoms with Crippen LogP contribution in [0.25, 0.3) is 0 Å². The predicted octanol–water partition coefficient (Wildman–Crippen LogP) is 1.60. The van der Waals surface area contributed by atoms with Gasteiger partial charge in [0, 0.05) is 17.2 Å². The van der Waals surface area contributed by atoms with Crippen LogP contribution in [0.4, 0.5) is 5.69 Å². The molecule has 1 heterocycles. The number of carbonyl (C=O) groups is 3. The lowest BCUT2D eigenvalue weighted by Crippen LogP contribution is -2.31. The monoisotopic (exact) mass is 275 g/mol. The van der Waals surface area contributed by atoms with Crippen LogP contribution in [0.1, 0.15) is 24.2 Å². The first-order chi connectivity index (χ1) is 9.38. The Labute approximate surface area is 115 Å². The van der Waals surface area contributed by atoms with Crippen molar-refractivity contribution in [2.75, 3.05) is 12.0 Å². The molecule has 0 aliphatic carbocycles. The van der Waals surface area contributed by atoms with Gasteiger partial charge < -0.3 is 9.84 Å². The van der Waals surface area contributed by atoms with Crippen LogP contribution < -0.4 is 9.64 Å². The first-order valence-electron chi connectivity index (χ1n) is 5.86. The molecule has 0 radical (unpaired) electrons. The largest absolute Gasteiger partial charge is 0.496 e. The molecule has 0 saturated carbocycles. The van der Waals surface area contributed by atoms with Gasteiger partial charge >= 0.3 is 5.97 Å². The molecule has 0 atom stereocenters. The van der Waals surface area contributed by atoms with Crippen LogP contribution in [0.15, 0.2) is 29.3 Å². The second kappa shape index (κ2) is 4.80. The van der Waals surface area contributed by atoms with E-state index in [-0.39, 0.29) is 17.0 Å². The molecule has 1 aliphatic rings. The highest BCUT2D eigenvalue weighted by molar-refractivity contribution is 6.32. The number of benzene rings is 1. The lowest BCUT2D eigenvalue weighted by Gasteiger charge is -2.16.